The van der Waals surface area contributed by atoms with Gasteiger partial charge < -0.3 is 9.64 Å². The van der Waals surface area contributed by atoms with E-state index in [1.54, 1.807) is 7.11 Å². The van der Waals surface area contributed by atoms with Crippen molar-refractivity contribution in [1.29, 1.82) is 0 Å². The van der Waals surface area contributed by atoms with Gasteiger partial charge in [0.2, 0.25) is 5.91 Å². The van der Waals surface area contributed by atoms with Gasteiger partial charge >= 0.3 is 0 Å². The summed E-state index contributed by atoms with van der Waals surface area (Å²) < 4.78 is 5.25. The first-order valence-electron chi connectivity index (χ1n) is 7.63. The summed E-state index contributed by atoms with van der Waals surface area (Å²) in [7, 11) is 1.70. The Kier molecular flexibility index (Phi) is 4.85. The highest BCUT2D eigenvalue weighted by Crippen LogP contribution is 2.34. The number of hydrogen-bond acceptors (Lipinski definition) is 3. The molecular weight excluding hydrogens is 240 g/mol. The van der Waals surface area contributed by atoms with Crippen LogP contribution in [0.5, 0.6) is 0 Å². The average molecular weight is 268 g/mol. The van der Waals surface area contributed by atoms with Gasteiger partial charge in [0.05, 0.1) is 24.9 Å². The number of ether oxygens (including phenoxy) is 1. The summed E-state index contributed by atoms with van der Waals surface area (Å²) in [6.45, 7) is 6.94. The molecule has 0 radical (unpaired) electrons. The first kappa shape index (κ1) is 14.8. The summed E-state index contributed by atoms with van der Waals surface area (Å²) >= 11 is 0. The maximum Gasteiger partial charge on any atom is 0.241 e. The fraction of sp³-hybridized carbons (Fsp3) is 0.933. The third-order valence-electron chi connectivity index (χ3n) is 4.57. The van der Waals surface area contributed by atoms with Crippen LogP contribution in [0.4, 0.5) is 0 Å². The van der Waals surface area contributed by atoms with Gasteiger partial charge in [-0.1, -0.05) is 26.7 Å². The van der Waals surface area contributed by atoms with Crippen LogP contribution in [0, 0.1) is 11.8 Å². The molecule has 1 N–H and O–H groups in total. The molecule has 110 valence electrons. The zero-order chi connectivity index (χ0) is 14.0. The van der Waals surface area contributed by atoms with E-state index in [-0.39, 0.29) is 24.2 Å². The van der Waals surface area contributed by atoms with Crippen LogP contribution in [0.1, 0.15) is 46.5 Å². The number of rotatable bonds is 5. The first-order valence-corrected chi connectivity index (χ1v) is 7.63. The highest BCUT2D eigenvalue weighted by atomic mass is 16.5. The molecule has 0 aromatic heterocycles. The minimum absolute atomic E-state index is 0.0232. The van der Waals surface area contributed by atoms with E-state index in [4.69, 9.17) is 4.74 Å². The molecule has 1 aliphatic carbocycles. The van der Waals surface area contributed by atoms with Crippen molar-refractivity contribution in [3.63, 3.8) is 0 Å². The van der Waals surface area contributed by atoms with Gasteiger partial charge in [-0.15, -0.1) is 0 Å². The van der Waals surface area contributed by atoms with Crippen LogP contribution in [0.2, 0.25) is 0 Å². The fourth-order valence-corrected chi connectivity index (χ4v) is 3.56. The van der Waals surface area contributed by atoms with E-state index < -0.39 is 0 Å². The summed E-state index contributed by atoms with van der Waals surface area (Å²) in [5, 5.41) is 3.59. The Morgan fingerprint density at radius 2 is 1.95 bits per heavy atom. The monoisotopic (exact) mass is 268 g/mol. The minimum atomic E-state index is -0.0232. The maximum absolute atomic E-state index is 12.6. The molecule has 0 aromatic carbocycles. The van der Waals surface area contributed by atoms with Crippen molar-refractivity contribution < 1.29 is 9.53 Å². The quantitative estimate of drug-likeness (QED) is 0.829. The number of carbonyl (C=O) groups excluding carboxylic acids is 1. The molecule has 0 bridgehead atoms. The van der Waals surface area contributed by atoms with Crippen LogP contribution in [0.3, 0.4) is 0 Å². The van der Waals surface area contributed by atoms with Crippen LogP contribution in [-0.2, 0) is 9.53 Å². The zero-order valence-electron chi connectivity index (χ0n) is 12.7. The molecule has 1 aliphatic heterocycles. The molecule has 1 heterocycles. The molecule has 1 saturated heterocycles. The smallest absolute Gasteiger partial charge is 0.241 e. The van der Waals surface area contributed by atoms with Crippen molar-refractivity contribution >= 4 is 5.91 Å². The van der Waals surface area contributed by atoms with Gasteiger partial charge in [-0.05, 0) is 31.6 Å². The van der Waals surface area contributed by atoms with E-state index in [0.29, 0.717) is 18.4 Å². The Labute approximate surface area is 116 Å². The third kappa shape index (κ3) is 2.95. The van der Waals surface area contributed by atoms with E-state index in [0.717, 1.165) is 0 Å². The van der Waals surface area contributed by atoms with Gasteiger partial charge in [-0.3, -0.25) is 10.1 Å². The van der Waals surface area contributed by atoms with Crippen molar-refractivity contribution in [2.24, 2.45) is 11.8 Å². The molecular formula is C15H28N2O2. The van der Waals surface area contributed by atoms with Crippen molar-refractivity contribution in [2.75, 3.05) is 13.7 Å². The molecule has 3 unspecified atom stereocenters. The van der Waals surface area contributed by atoms with Crippen molar-refractivity contribution in [3.05, 3.63) is 0 Å². The zero-order valence-corrected chi connectivity index (χ0v) is 12.7. The highest BCUT2D eigenvalue weighted by molar-refractivity contribution is 5.85. The molecule has 19 heavy (non-hydrogen) atoms. The van der Waals surface area contributed by atoms with E-state index >= 15 is 0 Å². The van der Waals surface area contributed by atoms with Crippen LogP contribution in [0.15, 0.2) is 0 Å². The Hall–Kier alpha value is -0.610. The molecule has 1 saturated carbocycles. The summed E-state index contributed by atoms with van der Waals surface area (Å²) in [5.74, 6) is 1.22. The molecule has 0 spiro atoms. The van der Waals surface area contributed by atoms with Crippen LogP contribution in [-0.4, -0.2) is 42.8 Å². The second kappa shape index (κ2) is 6.23. The second-order valence-electron chi connectivity index (χ2n) is 6.43. The predicted molar refractivity (Wildman–Crippen MR) is 75.7 cm³/mol. The van der Waals surface area contributed by atoms with Crippen molar-refractivity contribution in [1.82, 2.24) is 10.2 Å². The molecule has 4 heteroatoms. The first-order chi connectivity index (χ1) is 9.06. The number of nitrogens with zero attached hydrogens (tertiary/aromatic N) is 1. The number of amides is 1. The van der Waals surface area contributed by atoms with Crippen LogP contribution < -0.4 is 5.32 Å². The summed E-state index contributed by atoms with van der Waals surface area (Å²) in [5.41, 5.74) is 0. The number of carbonyl (C=O) groups is 1. The Bertz CT molecular complexity index is 313. The van der Waals surface area contributed by atoms with E-state index in [9.17, 15) is 4.79 Å². The van der Waals surface area contributed by atoms with E-state index in [2.05, 4.69) is 31.0 Å². The predicted octanol–water partition coefficient (Wildman–Crippen LogP) is 1.99. The Balaban J connectivity index is 2.15. The lowest BCUT2D eigenvalue weighted by Crippen LogP contribution is -2.48. The van der Waals surface area contributed by atoms with E-state index in [1.165, 1.54) is 25.7 Å². The van der Waals surface area contributed by atoms with Gasteiger partial charge in [-0.2, -0.15) is 0 Å². The topological polar surface area (TPSA) is 41.6 Å². The highest BCUT2D eigenvalue weighted by Gasteiger charge is 2.45. The lowest BCUT2D eigenvalue weighted by Gasteiger charge is -2.33. The second-order valence-corrected chi connectivity index (χ2v) is 6.43. The Morgan fingerprint density at radius 3 is 2.47 bits per heavy atom. The SMILES string of the molecule is COCC(C)N1C(=O)C(C(C)C)NC1C1CCCC1. The van der Waals surface area contributed by atoms with Crippen LogP contribution in [0.25, 0.3) is 0 Å². The molecule has 4 nitrogen and oxygen atoms in total. The molecule has 3 atom stereocenters. The third-order valence-corrected chi connectivity index (χ3v) is 4.57. The van der Waals surface area contributed by atoms with Gasteiger partial charge in [0.25, 0.3) is 0 Å². The molecule has 2 aliphatic rings. The standard InChI is InChI=1S/C15H28N2O2/c1-10(2)13-15(18)17(11(3)9-19-4)14(16-13)12-7-5-6-8-12/h10-14,16H,5-9H2,1-4H3. The molecule has 0 aromatic rings. The van der Waals surface area contributed by atoms with E-state index in [1.807, 2.05) is 0 Å². The van der Waals surface area contributed by atoms with Crippen LogP contribution >= 0.6 is 0 Å². The summed E-state index contributed by atoms with van der Waals surface area (Å²) in [4.78, 5) is 14.7. The van der Waals surface area contributed by atoms with Gasteiger partial charge in [0, 0.05) is 7.11 Å². The molecule has 1 amide bonds. The summed E-state index contributed by atoms with van der Waals surface area (Å²) in [6.07, 6.45) is 5.30. The number of hydrogen-bond donors (Lipinski definition) is 1. The fourth-order valence-electron chi connectivity index (χ4n) is 3.56. The Morgan fingerprint density at radius 1 is 1.32 bits per heavy atom. The lowest BCUT2D eigenvalue weighted by atomic mass is 10.0. The van der Waals surface area contributed by atoms with Crippen molar-refractivity contribution in [2.45, 2.75) is 64.7 Å². The minimum Gasteiger partial charge on any atom is -0.383 e. The summed E-state index contributed by atoms with van der Waals surface area (Å²) in [6, 6.07) is 0.129. The van der Waals surface area contributed by atoms with Gasteiger partial charge in [0.15, 0.2) is 0 Å². The normalized spacial score (nSPS) is 30.6. The molecule has 2 fully saturated rings. The largest absolute Gasteiger partial charge is 0.383 e. The maximum atomic E-state index is 12.6. The van der Waals surface area contributed by atoms with Gasteiger partial charge in [-0.25, -0.2) is 0 Å². The molecule has 2 rings (SSSR count). The van der Waals surface area contributed by atoms with Crippen molar-refractivity contribution in [3.8, 4) is 0 Å². The number of methoxy groups -OCH3 is 1. The van der Waals surface area contributed by atoms with Gasteiger partial charge in [0.1, 0.15) is 0 Å². The average Bonchev–Trinajstić information content (AvgIpc) is 2.95. The number of nitrogens with one attached hydrogen (secondary N) is 1. The lowest BCUT2D eigenvalue weighted by molar-refractivity contribution is -0.134.